The van der Waals surface area contributed by atoms with Gasteiger partial charge in [0.1, 0.15) is 0 Å². The number of aliphatic hydroxyl groups is 1. The summed E-state index contributed by atoms with van der Waals surface area (Å²) in [6.45, 7) is 3.97. The molecule has 2 rings (SSSR count). The molecule has 2 N–H and O–H groups in total. The summed E-state index contributed by atoms with van der Waals surface area (Å²) in [7, 11) is 0. The molecule has 0 saturated heterocycles. The molecule has 17 heavy (non-hydrogen) atoms. The van der Waals surface area contributed by atoms with E-state index in [0.29, 0.717) is 6.42 Å². The second-order valence-electron chi connectivity index (χ2n) is 4.93. The molecule has 1 aliphatic rings. The molecule has 6 heteroatoms. The van der Waals surface area contributed by atoms with Crippen molar-refractivity contribution in [3.8, 4) is 0 Å². The molecule has 1 saturated carbocycles. The average Bonchev–Trinajstić information content (AvgIpc) is 2.29. The summed E-state index contributed by atoms with van der Waals surface area (Å²) in [5.74, 6) is -0.163. The first-order chi connectivity index (χ1) is 7.91. The van der Waals surface area contributed by atoms with Gasteiger partial charge in [0.2, 0.25) is 0 Å². The molecule has 2 unspecified atom stereocenters. The zero-order valence-corrected chi connectivity index (χ0v) is 9.75. The van der Waals surface area contributed by atoms with Crippen LogP contribution in [-0.4, -0.2) is 27.2 Å². The van der Waals surface area contributed by atoms with E-state index in [1.165, 1.54) is 12.3 Å². The van der Waals surface area contributed by atoms with Gasteiger partial charge in [-0.2, -0.15) is 0 Å². The fraction of sp³-hybridized carbons (Fsp3) is 0.545. The Morgan fingerprint density at radius 2 is 2.29 bits per heavy atom. The Balaban J connectivity index is 2.03. The van der Waals surface area contributed by atoms with Crippen molar-refractivity contribution < 1.29 is 10.0 Å². The van der Waals surface area contributed by atoms with Gasteiger partial charge in [0, 0.05) is 17.5 Å². The largest absolute Gasteiger partial charge is 0.392 e. The first kappa shape index (κ1) is 11.8. The molecular formula is C11H15N3O3. The molecule has 0 spiro atoms. The SMILES string of the molecule is CC1(C)C(O)CC1Nc1ccc([N+](=O)[O-])nc1. The molecule has 1 aromatic heterocycles. The van der Waals surface area contributed by atoms with E-state index >= 15 is 0 Å². The van der Waals surface area contributed by atoms with Crippen LogP contribution < -0.4 is 5.32 Å². The first-order valence-corrected chi connectivity index (χ1v) is 5.46. The van der Waals surface area contributed by atoms with Crippen molar-refractivity contribution in [3.63, 3.8) is 0 Å². The number of nitrogens with zero attached hydrogens (tertiary/aromatic N) is 2. The maximum Gasteiger partial charge on any atom is 0.363 e. The van der Waals surface area contributed by atoms with E-state index in [1.807, 2.05) is 13.8 Å². The lowest BCUT2D eigenvalue weighted by molar-refractivity contribution is -0.389. The van der Waals surface area contributed by atoms with E-state index in [9.17, 15) is 15.2 Å². The van der Waals surface area contributed by atoms with Crippen LogP contribution in [0.1, 0.15) is 20.3 Å². The first-order valence-electron chi connectivity index (χ1n) is 5.46. The average molecular weight is 237 g/mol. The van der Waals surface area contributed by atoms with Crippen LogP contribution in [0.15, 0.2) is 18.3 Å². The van der Waals surface area contributed by atoms with Gasteiger partial charge in [-0.25, -0.2) is 0 Å². The number of hydrogen-bond acceptors (Lipinski definition) is 5. The molecular weight excluding hydrogens is 222 g/mol. The lowest BCUT2D eigenvalue weighted by Crippen LogP contribution is -2.56. The van der Waals surface area contributed by atoms with Gasteiger partial charge in [0.05, 0.1) is 11.8 Å². The second-order valence-corrected chi connectivity index (χ2v) is 4.93. The number of nitro groups is 1. The van der Waals surface area contributed by atoms with Gasteiger partial charge in [-0.05, 0) is 22.4 Å². The molecule has 1 heterocycles. The van der Waals surface area contributed by atoms with Gasteiger partial charge in [0.15, 0.2) is 6.20 Å². The number of aromatic nitrogens is 1. The van der Waals surface area contributed by atoms with Crippen LogP contribution in [0.25, 0.3) is 0 Å². The molecule has 0 aliphatic heterocycles. The summed E-state index contributed by atoms with van der Waals surface area (Å²) in [4.78, 5) is 13.6. The summed E-state index contributed by atoms with van der Waals surface area (Å²) >= 11 is 0. The van der Waals surface area contributed by atoms with Crippen LogP contribution in [0.5, 0.6) is 0 Å². The lowest BCUT2D eigenvalue weighted by Gasteiger charge is -2.49. The van der Waals surface area contributed by atoms with E-state index in [2.05, 4.69) is 10.3 Å². The van der Waals surface area contributed by atoms with Crippen molar-refractivity contribution in [2.24, 2.45) is 5.41 Å². The molecule has 6 nitrogen and oxygen atoms in total. The maximum absolute atomic E-state index is 10.4. The summed E-state index contributed by atoms with van der Waals surface area (Å²) in [5, 5.41) is 23.3. The zero-order chi connectivity index (χ0) is 12.6. The van der Waals surface area contributed by atoms with E-state index in [4.69, 9.17) is 0 Å². The Kier molecular flexibility index (Phi) is 2.74. The highest BCUT2D eigenvalue weighted by Crippen LogP contribution is 2.42. The highest BCUT2D eigenvalue weighted by atomic mass is 16.6. The predicted molar refractivity (Wildman–Crippen MR) is 62.7 cm³/mol. The van der Waals surface area contributed by atoms with Crippen molar-refractivity contribution in [2.45, 2.75) is 32.4 Å². The van der Waals surface area contributed by atoms with E-state index < -0.39 is 4.92 Å². The van der Waals surface area contributed by atoms with Gasteiger partial charge in [-0.3, -0.25) is 0 Å². The summed E-state index contributed by atoms with van der Waals surface area (Å²) < 4.78 is 0. The fourth-order valence-electron chi connectivity index (χ4n) is 1.93. The third kappa shape index (κ3) is 2.08. The number of aliphatic hydroxyl groups excluding tert-OH is 1. The zero-order valence-electron chi connectivity index (χ0n) is 9.75. The molecule has 0 aromatic carbocycles. The van der Waals surface area contributed by atoms with E-state index in [0.717, 1.165) is 5.69 Å². The quantitative estimate of drug-likeness (QED) is 0.615. The Morgan fingerprint density at radius 3 is 2.71 bits per heavy atom. The molecule has 0 amide bonds. The van der Waals surface area contributed by atoms with Crippen LogP contribution >= 0.6 is 0 Å². The fourth-order valence-corrected chi connectivity index (χ4v) is 1.93. The van der Waals surface area contributed by atoms with Crippen molar-refractivity contribution in [3.05, 3.63) is 28.4 Å². The highest BCUT2D eigenvalue weighted by molar-refractivity contribution is 5.45. The molecule has 0 bridgehead atoms. The smallest absolute Gasteiger partial charge is 0.363 e. The molecule has 1 aliphatic carbocycles. The van der Waals surface area contributed by atoms with Crippen LogP contribution in [-0.2, 0) is 0 Å². The van der Waals surface area contributed by atoms with Gasteiger partial charge < -0.3 is 20.5 Å². The van der Waals surface area contributed by atoms with Crippen molar-refractivity contribution in [1.29, 1.82) is 0 Å². The number of anilines is 1. The number of pyridine rings is 1. The lowest BCUT2D eigenvalue weighted by atomic mass is 9.64. The minimum absolute atomic E-state index is 0.163. The van der Waals surface area contributed by atoms with Crippen LogP contribution in [0, 0.1) is 15.5 Å². The Morgan fingerprint density at radius 1 is 1.59 bits per heavy atom. The summed E-state index contributed by atoms with van der Waals surface area (Å²) in [6.07, 6.45) is 1.83. The van der Waals surface area contributed by atoms with Crippen LogP contribution in [0.2, 0.25) is 0 Å². The standard InChI is InChI=1S/C11H15N3O3/c1-11(2)8(5-9(11)15)13-7-3-4-10(12-6-7)14(16)17/h3-4,6,8-9,13,15H,5H2,1-2H3. The van der Waals surface area contributed by atoms with E-state index in [1.54, 1.807) is 6.07 Å². The third-order valence-corrected chi connectivity index (χ3v) is 3.49. The van der Waals surface area contributed by atoms with Crippen molar-refractivity contribution in [2.75, 3.05) is 5.32 Å². The normalized spacial score (nSPS) is 26.1. The number of hydrogen-bond donors (Lipinski definition) is 2. The molecule has 92 valence electrons. The van der Waals surface area contributed by atoms with E-state index in [-0.39, 0.29) is 23.4 Å². The number of nitrogens with one attached hydrogen (secondary N) is 1. The minimum Gasteiger partial charge on any atom is -0.392 e. The minimum atomic E-state index is -0.527. The van der Waals surface area contributed by atoms with Crippen molar-refractivity contribution in [1.82, 2.24) is 4.98 Å². The molecule has 1 fully saturated rings. The second kappa shape index (κ2) is 3.96. The monoisotopic (exact) mass is 237 g/mol. The summed E-state index contributed by atoms with van der Waals surface area (Å²) in [6, 6.07) is 3.16. The maximum atomic E-state index is 10.4. The van der Waals surface area contributed by atoms with Gasteiger partial charge in [-0.15, -0.1) is 0 Å². The van der Waals surface area contributed by atoms with Gasteiger partial charge in [-0.1, -0.05) is 13.8 Å². The topological polar surface area (TPSA) is 88.3 Å². The van der Waals surface area contributed by atoms with Crippen LogP contribution in [0.3, 0.4) is 0 Å². The van der Waals surface area contributed by atoms with Crippen LogP contribution in [0.4, 0.5) is 11.5 Å². The predicted octanol–water partition coefficient (Wildman–Crippen LogP) is 1.56. The molecule has 0 radical (unpaired) electrons. The highest BCUT2D eigenvalue weighted by Gasteiger charge is 2.47. The van der Waals surface area contributed by atoms with Gasteiger partial charge >= 0.3 is 5.82 Å². The molecule has 2 atom stereocenters. The Labute approximate surface area is 98.8 Å². The number of rotatable bonds is 3. The Bertz CT molecular complexity index is 430. The van der Waals surface area contributed by atoms with Crippen molar-refractivity contribution >= 4 is 11.5 Å². The summed E-state index contributed by atoms with van der Waals surface area (Å²) in [5.41, 5.74) is 0.558. The van der Waals surface area contributed by atoms with Gasteiger partial charge in [0.25, 0.3) is 0 Å². The Hall–Kier alpha value is -1.69. The third-order valence-electron chi connectivity index (χ3n) is 3.49. The molecule has 1 aromatic rings.